The van der Waals surface area contributed by atoms with Gasteiger partial charge in [-0.25, -0.2) is 9.59 Å². The Balaban J connectivity index is 1.74. The third-order valence-corrected chi connectivity index (χ3v) is 3.43. The van der Waals surface area contributed by atoms with Crippen molar-refractivity contribution in [2.75, 3.05) is 18.5 Å². The Morgan fingerprint density at radius 1 is 1.20 bits per heavy atom. The van der Waals surface area contributed by atoms with Gasteiger partial charge >= 0.3 is 12.0 Å². The van der Waals surface area contributed by atoms with Crippen LogP contribution in [0, 0.1) is 5.92 Å². The maximum absolute atomic E-state index is 11.7. The molecule has 20 heavy (non-hydrogen) atoms. The first-order chi connectivity index (χ1) is 9.65. The van der Waals surface area contributed by atoms with Crippen LogP contribution in [-0.4, -0.2) is 25.2 Å². The zero-order valence-electron chi connectivity index (χ0n) is 10.7. The van der Waals surface area contributed by atoms with Crippen LogP contribution in [-0.2, 0) is 14.4 Å². The van der Waals surface area contributed by atoms with Crippen molar-refractivity contribution >= 4 is 33.6 Å². The third-order valence-electron chi connectivity index (χ3n) is 2.90. The lowest BCUT2D eigenvalue weighted by molar-refractivity contribution is -0.156. The van der Waals surface area contributed by atoms with Crippen LogP contribution >= 0.6 is 15.9 Å². The molecule has 0 bridgehead atoms. The van der Waals surface area contributed by atoms with Gasteiger partial charge in [-0.2, -0.15) is 5.48 Å². The van der Waals surface area contributed by atoms with E-state index in [1.54, 1.807) is 24.3 Å². The highest BCUT2D eigenvalue weighted by Gasteiger charge is 2.23. The molecule has 1 aliphatic heterocycles. The molecule has 108 valence electrons. The monoisotopic (exact) mass is 342 g/mol. The maximum Gasteiger partial charge on any atom is 0.352 e. The molecule has 0 saturated carbocycles. The lowest BCUT2D eigenvalue weighted by Crippen LogP contribution is -2.35. The molecule has 2 rings (SSSR count). The molecule has 0 unspecified atom stereocenters. The second-order valence-corrected chi connectivity index (χ2v) is 5.29. The number of anilines is 1. The molecule has 0 aromatic heterocycles. The van der Waals surface area contributed by atoms with Gasteiger partial charge in [0.05, 0.1) is 5.92 Å². The molecule has 7 heteroatoms. The molecule has 1 aromatic rings. The molecule has 1 saturated heterocycles. The zero-order valence-corrected chi connectivity index (χ0v) is 12.3. The summed E-state index contributed by atoms with van der Waals surface area (Å²) in [6, 6.07) is 6.45. The Hall–Kier alpha value is -1.60. The second kappa shape index (κ2) is 7.25. The van der Waals surface area contributed by atoms with E-state index in [0.717, 1.165) is 4.47 Å². The van der Waals surface area contributed by atoms with Gasteiger partial charge in [-0.05, 0) is 37.1 Å². The van der Waals surface area contributed by atoms with Gasteiger partial charge < -0.3 is 14.9 Å². The Bertz CT molecular complexity index is 472. The van der Waals surface area contributed by atoms with Crippen molar-refractivity contribution in [3.63, 3.8) is 0 Å². The summed E-state index contributed by atoms with van der Waals surface area (Å²) >= 11 is 3.30. The first-order valence-electron chi connectivity index (χ1n) is 6.26. The second-order valence-electron chi connectivity index (χ2n) is 4.37. The summed E-state index contributed by atoms with van der Waals surface area (Å²) in [4.78, 5) is 28.0. The molecule has 0 spiro atoms. The Labute approximate surface area is 124 Å². The van der Waals surface area contributed by atoms with Gasteiger partial charge in [0, 0.05) is 23.4 Å². The molecule has 1 aliphatic rings. The van der Waals surface area contributed by atoms with Crippen molar-refractivity contribution in [2.24, 2.45) is 5.92 Å². The Morgan fingerprint density at radius 2 is 1.85 bits per heavy atom. The van der Waals surface area contributed by atoms with Gasteiger partial charge in [0.15, 0.2) is 0 Å². The van der Waals surface area contributed by atoms with E-state index in [1.807, 2.05) is 0 Å². The van der Waals surface area contributed by atoms with Crippen molar-refractivity contribution < 1.29 is 19.2 Å². The number of halogens is 1. The number of amides is 2. The predicted octanol–water partition coefficient (Wildman–Crippen LogP) is 2.46. The number of hydroxylamine groups is 1. The largest absolute Gasteiger partial charge is 0.381 e. The molecule has 0 atom stereocenters. The number of rotatable bonds is 2. The minimum Gasteiger partial charge on any atom is -0.381 e. The van der Waals surface area contributed by atoms with E-state index in [-0.39, 0.29) is 5.92 Å². The van der Waals surface area contributed by atoms with Crippen LogP contribution in [0.15, 0.2) is 28.7 Å². The summed E-state index contributed by atoms with van der Waals surface area (Å²) in [5.74, 6) is -0.643. The minimum atomic E-state index is -0.590. The average Bonchev–Trinajstić information content (AvgIpc) is 2.48. The maximum atomic E-state index is 11.7. The van der Waals surface area contributed by atoms with Gasteiger partial charge in [0.25, 0.3) is 0 Å². The molecule has 2 N–H and O–H groups in total. The normalized spacial score (nSPS) is 15.4. The fourth-order valence-electron chi connectivity index (χ4n) is 1.80. The summed E-state index contributed by atoms with van der Waals surface area (Å²) in [5, 5.41) is 2.55. The number of benzene rings is 1. The topological polar surface area (TPSA) is 76.7 Å². The van der Waals surface area contributed by atoms with Crippen molar-refractivity contribution in [3.05, 3.63) is 28.7 Å². The van der Waals surface area contributed by atoms with Gasteiger partial charge in [-0.3, -0.25) is 0 Å². The number of carbonyl (C=O) groups is 2. The standard InChI is InChI=1S/C13H15BrN2O4/c14-10-1-3-11(4-2-10)15-13(18)16-20-12(17)9-5-7-19-8-6-9/h1-4,9H,5-8H2,(H2,15,16,18). The number of urea groups is 1. The van der Waals surface area contributed by atoms with E-state index >= 15 is 0 Å². The Morgan fingerprint density at radius 3 is 2.50 bits per heavy atom. The average molecular weight is 343 g/mol. The van der Waals surface area contributed by atoms with E-state index < -0.39 is 12.0 Å². The molecular weight excluding hydrogens is 328 g/mol. The van der Waals surface area contributed by atoms with Gasteiger partial charge in [-0.15, -0.1) is 0 Å². The molecular formula is C13H15BrN2O4. The molecule has 1 heterocycles. The summed E-state index contributed by atoms with van der Waals surface area (Å²) in [5.41, 5.74) is 2.70. The first kappa shape index (κ1) is 14.8. The highest BCUT2D eigenvalue weighted by Crippen LogP contribution is 2.16. The predicted molar refractivity (Wildman–Crippen MR) is 75.9 cm³/mol. The van der Waals surface area contributed by atoms with Crippen LogP contribution < -0.4 is 10.8 Å². The van der Waals surface area contributed by atoms with E-state index in [9.17, 15) is 9.59 Å². The van der Waals surface area contributed by atoms with Gasteiger partial charge in [0.2, 0.25) is 0 Å². The molecule has 1 aromatic carbocycles. The first-order valence-corrected chi connectivity index (χ1v) is 7.05. The summed E-state index contributed by atoms with van der Waals surface area (Å²) in [7, 11) is 0. The highest BCUT2D eigenvalue weighted by molar-refractivity contribution is 9.10. The van der Waals surface area contributed by atoms with Crippen LogP contribution in [0.3, 0.4) is 0 Å². The number of nitrogens with one attached hydrogen (secondary N) is 2. The molecule has 2 amide bonds. The van der Waals surface area contributed by atoms with Crippen LogP contribution in [0.2, 0.25) is 0 Å². The molecule has 0 aliphatic carbocycles. The lowest BCUT2D eigenvalue weighted by atomic mass is 10.0. The SMILES string of the molecule is O=C(NOC(=O)C1CCOCC1)Nc1ccc(Br)cc1. The van der Waals surface area contributed by atoms with Crippen molar-refractivity contribution in [3.8, 4) is 0 Å². The van der Waals surface area contributed by atoms with E-state index in [2.05, 4.69) is 26.7 Å². The molecule has 0 radical (unpaired) electrons. The minimum absolute atomic E-state index is 0.211. The van der Waals surface area contributed by atoms with E-state index in [4.69, 9.17) is 9.57 Å². The zero-order chi connectivity index (χ0) is 14.4. The Kier molecular flexibility index (Phi) is 5.37. The van der Waals surface area contributed by atoms with Crippen LogP contribution in [0.4, 0.5) is 10.5 Å². The smallest absolute Gasteiger partial charge is 0.352 e. The number of carbonyl (C=O) groups excluding carboxylic acids is 2. The van der Waals surface area contributed by atoms with Crippen LogP contribution in [0.25, 0.3) is 0 Å². The number of hydrogen-bond donors (Lipinski definition) is 2. The third kappa shape index (κ3) is 4.50. The molecule has 6 nitrogen and oxygen atoms in total. The van der Waals surface area contributed by atoms with E-state index in [0.29, 0.717) is 31.7 Å². The fraction of sp³-hybridized carbons (Fsp3) is 0.385. The van der Waals surface area contributed by atoms with Gasteiger partial charge in [0.1, 0.15) is 0 Å². The van der Waals surface area contributed by atoms with Crippen molar-refractivity contribution in [1.29, 1.82) is 0 Å². The van der Waals surface area contributed by atoms with Crippen LogP contribution in [0.1, 0.15) is 12.8 Å². The number of ether oxygens (including phenoxy) is 1. The molecule has 1 fully saturated rings. The quantitative estimate of drug-likeness (QED) is 0.809. The fourth-order valence-corrected chi connectivity index (χ4v) is 2.07. The summed E-state index contributed by atoms with van der Waals surface area (Å²) in [6.07, 6.45) is 1.24. The van der Waals surface area contributed by atoms with Crippen molar-refractivity contribution in [2.45, 2.75) is 12.8 Å². The van der Waals surface area contributed by atoms with Gasteiger partial charge in [-0.1, -0.05) is 15.9 Å². The van der Waals surface area contributed by atoms with E-state index in [1.165, 1.54) is 0 Å². The lowest BCUT2D eigenvalue weighted by Gasteiger charge is -2.20. The summed E-state index contributed by atoms with van der Waals surface area (Å²) in [6.45, 7) is 1.09. The highest BCUT2D eigenvalue weighted by atomic mass is 79.9. The summed E-state index contributed by atoms with van der Waals surface area (Å²) < 4.78 is 6.06. The van der Waals surface area contributed by atoms with Crippen molar-refractivity contribution in [1.82, 2.24) is 5.48 Å². The number of hydrogen-bond acceptors (Lipinski definition) is 4. The van der Waals surface area contributed by atoms with Crippen LogP contribution in [0.5, 0.6) is 0 Å².